The number of piperidine rings is 3. The Morgan fingerprint density at radius 3 is 1.75 bits per heavy atom. The summed E-state index contributed by atoms with van der Waals surface area (Å²) in [6, 6.07) is 0. The predicted molar refractivity (Wildman–Crippen MR) is 202 cm³/mol. The molecule has 18 nitrogen and oxygen atoms in total. The molecule has 12 N–H and O–H groups in total. The summed E-state index contributed by atoms with van der Waals surface area (Å²) >= 11 is 0. The lowest BCUT2D eigenvalue weighted by molar-refractivity contribution is -0.150. The van der Waals surface area contributed by atoms with Crippen molar-refractivity contribution in [1.82, 2.24) is 24.8 Å². The largest absolute Gasteiger partial charge is 0.481 e. The van der Waals surface area contributed by atoms with Crippen molar-refractivity contribution in [1.29, 1.82) is 0 Å². The summed E-state index contributed by atoms with van der Waals surface area (Å²) in [5.74, 6) is 0.732. The molecule has 3 aliphatic rings. The van der Waals surface area contributed by atoms with Crippen LogP contribution < -0.4 is 28.7 Å². The van der Waals surface area contributed by atoms with Crippen molar-refractivity contribution in [2.45, 2.75) is 51.0 Å². The number of rotatable bonds is 7. The number of oxime groups is 2. The number of carboxylic acid groups (broad SMARTS) is 1. The van der Waals surface area contributed by atoms with E-state index in [0.717, 1.165) is 77.3 Å². The standard InChI is InChI=1S/C9H18N4O2.C9H16N4O.C7H13NO2.C2H7N3O.3H3P/c1-13-4-2-3-7(6-13)9(14)15-12-8(11)5-10;1-13-4-2-3-7(6-13)9-11-8(5-10)12-14-9;1-8-4-2-3-6(5-8)7(9)10;3-1-2(4)5-6;;;/h7H,2-6,10H2,1H3,(H2,11,12);7H,2-6,10H2,1H3;6H,2-5H2,1H3,(H,9,10);6H,1,3H2,(H2,4,5);3*1H3. The SMILES string of the molecule is CN1CCCC(C(=O)O)C1.CN1CCCC(C(=O)O/N=C(/N)CN)C1.CN1CCCC(c2nc(CN)no2)C1.NCC(N)=NO.P.P.P. The predicted octanol–water partition coefficient (Wildman–Crippen LogP) is -1.28. The molecule has 6 atom stereocenters. The van der Waals surface area contributed by atoms with E-state index >= 15 is 0 Å². The average molecular weight is 745 g/mol. The minimum atomic E-state index is -0.647. The van der Waals surface area contributed by atoms with Gasteiger partial charge in [0.15, 0.2) is 17.5 Å². The molecule has 0 bridgehead atoms. The van der Waals surface area contributed by atoms with Crippen LogP contribution in [-0.4, -0.2) is 132 Å². The highest BCUT2D eigenvalue weighted by Gasteiger charge is 2.26. The Hall–Kier alpha value is -2.13. The van der Waals surface area contributed by atoms with Gasteiger partial charge >= 0.3 is 11.9 Å². The van der Waals surface area contributed by atoms with Gasteiger partial charge < -0.3 is 63.0 Å². The molecule has 1 aromatic heterocycles. The number of carboxylic acids is 1. The van der Waals surface area contributed by atoms with E-state index in [1.54, 1.807) is 0 Å². The quantitative estimate of drug-likeness (QED) is 0.0427. The van der Waals surface area contributed by atoms with E-state index in [1.165, 1.54) is 6.42 Å². The number of likely N-dealkylation sites (tertiary alicyclic amines) is 3. The second-order valence-corrected chi connectivity index (χ2v) is 11.4. The monoisotopic (exact) mass is 744 g/mol. The first-order valence-corrected chi connectivity index (χ1v) is 15.1. The van der Waals surface area contributed by atoms with Crippen LogP contribution in [0.1, 0.15) is 56.2 Å². The van der Waals surface area contributed by atoms with Gasteiger partial charge in [-0.05, 0) is 79.3 Å². The van der Waals surface area contributed by atoms with Crippen LogP contribution in [0.3, 0.4) is 0 Å². The van der Waals surface area contributed by atoms with Crippen LogP contribution in [0, 0.1) is 11.8 Å². The van der Waals surface area contributed by atoms with Crippen LogP contribution in [0.4, 0.5) is 0 Å². The van der Waals surface area contributed by atoms with Gasteiger partial charge in [-0.1, -0.05) is 15.5 Å². The van der Waals surface area contributed by atoms with Gasteiger partial charge in [0.2, 0.25) is 5.89 Å². The van der Waals surface area contributed by atoms with Gasteiger partial charge in [0.1, 0.15) is 0 Å². The fraction of sp³-hybridized carbons (Fsp3) is 0.778. The Kier molecular flexibility index (Phi) is 30.0. The summed E-state index contributed by atoms with van der Waals surface area (Å²) in [5.41, 5.74) is 25.7. The zero-order valence-electron chi connectivity index (χ0n) is 29.0. The van der Waals surface area contributed by atoms with E-state index in [9.17, 15) is 9.59 Å². The van der Waals surface area contributed by atoms with E-state index in [1.807, 2.05) is 14.1 Å². The number of aliphatic carboxylic acids is 1. The molecule has 6 unspecified atom stereocenters. The number of nitrogens with two attached hydrogens (primary N) is 5. The molecule has 282 valence electrons. The number of hydrogen-bond acceptors (Lipinski definition) is 15. The molecule has 3 aliphatic heterocycles. The molecule has 3 fully saturated rings. The third-order valence-electron chi connectivity index (χ3n) is 7.37. The molecule has 21 heteroatoms. The van der Waals surface area contributed by atoms with E-state index in [4.69, 9.17) is 48.3 Å². The smallest absolute Gasteiger partial charge is 0.339 e. The summed E-state index contributed by atoms with van der Waals surface area (Å²) in [5, 5.41) is 26.2. The summed E-state index contributed by atoms with van der Waals surface area (Å²) in [6.07, 6.45) is 6.05. The molecule has 4 heterocycles. The van der Waals surface area contributed by atoms with Gasteiger partial charge in [0.05, 0.1) is 37.4 Å². The van der Waals surface area contributed by atoms with Crippen LogP contribution in [0.5, 0.6) is 0 Å². The highest BCUT2D eigenvalue weighted by molar-refractivity contribution is 6.92. The molecule has 1 aromatic rings. The Balaban J connectivity index is -0.000000575. The zero-order valence-corrected chi connectivity index (χ0v) is 33.2. The minimum absolute atomic E-state index is 0. The second kappa shape index (κ2) is 28.7. The molecule has 0 spiro atoms. The Bertz CT molecular complexity index is 1070. The summed E-state index contributed by atoms with van der Waals surface area (Å²) in [6.45, 7) is 6.23. The van der Waals surface area contributed by atoms with Crippen molar-refractivity contribution in [2.24, 2.45) is 50.8 Å². The van der Waals surface area contributed by atoms with Crippen molar-refractivity contribution in [3.8, 4) is 0 Å². The molecular weight excluding hydrogens is 681 g/mol. The Morgan fingerprint density at radius 2 is 1.35 bits per heavy atom. The highest BCUT2D eigenvalue weighted by atomic mass is 31.0. The maximum absolute atomic E-state index is 11.5. The zero-order chi connectivity index (χ0) is 33.8. The van der Waals surface area contributed by atoms with Gasteiger partial charge in [0, 0.05) is 19.6 Å². The molecular formula is C27H63N12O6P3. The van der Waals surface area contributed by atoms with Crippen molar-refractivity contribution in [2.75, 3.05) is 73.5 Å². The maximum atomic E-state index is 11.5. The topological polar surface area (TPSA) is 287 Å². The number of likely N-dealkylation sites (N-methyl/N-ethyl adjacent to an activating group) is 1. The lowest BCUT2D eigenvalue weighted by Crippen LogP contribution is -2.36. The number of amidine groups is 2. The fourth-order valence-electron chi connectivity index (χ4n) is 4.87. The number of carbonyl (C=O) groups is 2. The first kappa shape index (κ1) is 50.2. The molecule has 0 amide bonds. The van der Waals surface area contributed by atoms with Crippen LogP contribution in [0.2, 0.25) is 0 Å². The number of carbonyl (C=O) groups excluding carboxylic acids is 1. The first-order valence-electron chi connectivity index (χ1n) is 15.1. The molecule has 3 saturated heterocycles. The molecule has 0 aromatic carbocycles. The number of aromatic nitrogens is 2. The lowest BCUT2D eigenvalue weighted by atomic mass is 9.98. The van der Waals surface area contributed by atoms with Crippen LogP contribution in [0.25, 0.3) is 0 Å². The Labute approximate surface area is 294 Å². The molecule has 48 heavy (non-hydrogen) atoms. The Morgan fingerprint density at radius 1 is 0.854 bits per heavy atom. The normalized spacial score (nSPS) is 21.8. The van der Waals surface area contributed by atoms with Crippen LogP contribution in [0.15, 0.2) is 14.8 Å². The van der Waals surface area contributed by atoms with E-state index in [2.05, 4.69) is 42.2 Å². The lowest BCUT2D eigenvalue weighted by Gasteiger charge is -2.27. The van der Waals surface area contributed by atoms with Crippen LogP contribution >= 0.6 is 29.7 Å². The van der Waals surface area contributed by atoms with Gasteiger partial charge in [-0.25, -0.2) is 4.79 Å². The third kappa shape index (κ3) is 21.1. The third-order valence-corrected chi connectivity index (χ3v) is 7.37. The summed E-state index contributed by atoms with van der Waals surface area (Å²) < 4.78 is 5.18. The second-order valence-electron chi connectivity index (χ2n) is 11.4. The van der Waals surface area contributed by atoms with E-state index in [-0.39, 0.29) is 72.3 Å². The number of nitrogens with zero attached hydrogens (tertiary/aromatic N) is 7. The van der Waals surface area contributed by atoms with E-state index < -0.39 is 5.97 Å². The van der Waals surface area contributed by atoms with Gasteiger partial charge in [-0.2, -0.15) is 34.7 Å². The molecule has 0 saturated carbocycles. The van der Waals surface area contributed by atoms with Crippen molar-refractivity contribution in [3.63, 3.8) is 0 Å². The first-order chi connectivity index (χ1) is 21.4. The molecule has 0 aliphatic carbocycles. The highest BCUT2D eigenvalue weighted by Crippen LogP contribution is 2.24. The number of hydrogen-bond donors (Lipinski definition) is 7. The fourth-order valence-corrected chi connectivity index (χ4v) is 4.87. The summed E-state index contributed by atoms with van der Waals surface area (Å²) in [7, 11) is 6.07. The van der Waals surface area contributed by atoms with Crippen molar-refractivity contribution < 1.29 is 29.3 Å². The molecule has 4 rings (SSSR count). The minimum Gasteiger partial charge on any atom is -0.481 e. The van der Waals surface area contributed by atoms with Gasteiger partial charge in [-0.15, -0.1) is 0 Å². The average Bonchev–Trinajstić information content (AvgIpc) is 3.53. The van der Waals surface area contributed by atoms with Crippen molar-refractivity contribution >= 4 is 53.3 Å². The van der Waals surface area contributed by atoms with Crippen molar-refractivity contribution in [3.05, 3.63) is 11.7 Å². The van der Waals surface area contributed by atoms with E-state index in [0.29, 0.717) is 18.3 Å². The molecule has 0 radical (unpaired) electrons. The van der Waals surface area contributed by atoms with Gasteiger partial charge in [0.25, 0.3) is 0 Å². The van der Waals surface area contributed by atoms with Gasteiger partial charge in [-0.3, -0.25) is 4.79 Å². The van der Waals surface area contributed by atoms with Crippen LogP contribution in [-0.2, 0) is 21.0 Å². The summed E-state index contributed by atoms with van der Waals surface area (Å²) in [4.78, 5) is 37.4. The maximum Gasteiger partial charge on any atom is 0.339 e.